The molecule has 2 unspecified atom stereocenters. The summed E-state index contributed by atoms with van der Waals surface area (Å²) >= 11 is 13.4. The average Bonchev–Trinajstić information content (AvgIpc) is 2.85. The fraction of sp³-hybridized carbons (Fsp3) is 0.375. The first-order valence-electron chi connectivity index (χ1n) is 7.96. The van der Waals surface area contributed by atoms with Gasteiger partial charge in [0.1, 0.15) is 0 Å². The zero-order valence-corrected chi connectivity index (χ0v) is 19.8. The lowest BCUT2D eigenvalue weighted by atomic mass is 10.1. The fourth-order valence-corrected chi connectivity index (χ4v) is 4.29. The molecule has 2 atom stereocenters. The molecular weight excluding hydrogens is 497 g/mol. The smallest absolute Gasteiger partial charge is 0.242 e. The lowest BCUT2D eigenvalue weighted by Crippen LogP contribution is -2.29. The second kappa shape index (κ2) is 9.30. The van der Waals surface area contributed by atoms with Crippen LogP contribution in [0, 0.1) is 0 Å². The van der Waals surface area contributed by atoms with Crippen molar-refractivity contribution in [1.82, 2.24) is 4.72 Å². The number of hydrogen-bond acceptors (Lipinski definition) is 5. The van der Waals surface area contributed by atoms with Crippen LogP contribution in [0.3, 0.4) is 0 Å². The highest BCUT2D eigenvalue weighted by Gasteiger charge is 2.31. The van der Waals surface area contributed by atoms with Gasteiger partial charge in [-0.2, -0.15) is 0 Å². The average molecular weight is 516 g/mol. The molecular formula is C16H19BrCl2NO5SSi-. The maximum atomic E-state index is 10.8. The molecule has 2 aromatic rings. The summed E-state index contributed by atoms with van der Waals surface area (Å²) in [7, 11) is -2.08. The van der Waals surface area contributed by atoms with E-state index in [1.807, 2.05) is 19.6 Å². The van der Waals surface area contributed by atoms with E-state index in [4.69, 9.17) is 32.0 Å². The number of nitrogens with one attached hydrogen (secondary N) is 1. The van der Waals surface area contributed by atoms with Crippen molar-refractivity contribution in [2.75, 3.05) is 6.54 Å². The van der Waals surface area contributed by atoms with E-state index in [9.17, 15) is 13.9 Å². The van der Waals surface area contributed by atoms with E-state index >= 15 is 0 Å². The molecule has 2 rings (SSSR count). The number of halogens is 3. The number of benzene rings is 1. The Morgan fingerprint density at radius 3 is 2.67 bits per heavy atom. The Kier molecular flexibility index (Phi) is 7.83. The van der Waals surface area contributed by atoms with Gasteiger partial charge in [0.2, 0.25) is 14.1 Å². The summed E-state index contributed by atoms with van der Waals surface area (Å²) in [6.07, 6.45) is 0.381. The highest BCUT2D eigenvalue weighted by Crippen LogP contribution is 2.50. The molecule has 0 spiro atoms. The first-order valence-corrected chi connectivity index (χ1v) is 14.1. The van der Waals surface area contributed by atoms with Crippen LogP contribution in [0.25, 0.3) is 11.3 Å². The maximum Gasteiger partial charge on any atom is 0.242 e. The van der Waals surface area contributed by atoms with Gasteiger partial charge in [0.25, 0.3) is 0 Å². The van der Waals surface area contributed by atoms with Gasteiger partial charge < -0.3 is 18.5 Å². The normalized spacial score (nSPS) is 14.2. The number of aromatic hydroxyl groups is 1. The summed E-state index contributed by atoms with van der Waals surface area (Å²) in [4.78, 5) is -0.391. The molecule has 0 amide bonds. The maximum absolute atomic E-state index is 10.8. The molecule has 0 aliphatic carbocycles. The molecule has 2 N–H and O–H groups in total. The van der Waals surface area contributed by atoms with Gasteiger partial charge in [-0.25, -0.2) is 4.72 Å². The third-order valence-corrected chi connectivity index (χ3v) is 6.04. The Bertz CT molecular complexity index is 843. The van der Waals surface area contributed by atoms with Crippen molar-refractivity contribution in [3.8, 4) is 22.8 Å². The molecule has 11 heteroatoms. The van der Waals surface area contributed by atoms with E-state index in [0.717, 1.165) is 0 Å². The van der Waals surface area contributed by atoms with Gasteiger partial charge in [-0.15, -0.1) is 0 Å². The van der Waals surface area contributed by atoms with Gasteiger partial charge >= 0.3 is 0 Å². The van der Waals surface area contributed by atoms with Crippen molar-refractivity contribution < 1.29 is 22.7 Å². The van der Waals surface area contributed by atoms with Crippen LogP contribution in [0.2, 0.25) is 29.7 Å². The van der Waals surface area contributed by atoms with Gasteiger partial charge in [-0.1, -0.05) is 39.1 Å². The minimum atomic E-state index is -2.35. The number of alkyl halides is 1. The van der Waals surface area contributed by atoms with Gasteiger partial charge in [0.15, 0.2) is 17.3 Å². The van der Waals surface area contributed by atoms with Crippen molar-refractivity contribution in [3.63, 3.8) is 0 Å². The van der Waals surface area contributed by atoms with E-state index in [2.05, 4.69) is 20.7 Å². The highest BCUT2D eigenvalue weighted by atomic mass is 79.9. The third kappa shape index (κ3) is 6.21. The number of hydrogen-bond donors (Lipinski definition) is 2. The number of furan rings is 1. The molecule has 0 saturated heterocycles. The van der Waals surface area contributed by atoms with Crippen LogP contribution in [-0.4, -0.2) is 28.7 Å². The summed E-state index contributed by atoms with van der Waals surface area (Å²) in [6, 6.07) is 4.84. The molecule has 6 nitrogen and oxygen atoms in total. The first-order chi connectivity index (χ1) is 12.5. The Labute approximate surface area is 179 Å². The van der Waals surface area contributed by atoms with Crippen molar-refractivity contribution in [2.24, 2.45) is 0 Å². The zero-order chi connectivity index (χ0) is 20.4. The topological polar surface area (TPSA) is 94.8 Å². The first kappa shape index (κ1) is 22.7. The van der Waals surface area contributed by atoms with Gasteiger partial charge in [0.05, 0.1) is 9.85 Å². The Balaban J connectivity index is 2.48. The zero-order valence-electron chi connectivity index (χ0n) is 14.8. The quantitative estimate of drug-likeness (QED) is 0.279. The number of rotatable bonds is 8. The molecule has 0 bridgehead atoms. The van der Waals surface area contributed by atoms with Crippen molar-refractivity contribution in [3.05, 3.63) is 34.0 Å². The molecule has 1 aromatic carbocycles. The summed E-state index contributed by atoms with van der Waals surface area (Å²) in [5.41, 5.74) is 0.437. The van der Waals surface area contributed by atoms with Gasteiger partial charge in [-0.3, -0.25) is 4.21 Å². The van der Waals surface area contributed by atoms with E-state index in [1.54, 1.807) is 18.2 Å². The fourth-order valence-electron chi connectivity index (χ4n) is 2.29. The predicted molar refractivity (Wildman–Crippen MR) is 113 cm³/mol. The lowest BCUT2D eigenvalue weighted by Gasteiger charge is -2.20. The SMILES string of the molecule is C[Si](C)(C)Oc1c(C(Br)CCNS(=O)[O-])oc(-c2cc(Cl)ccc2Cl)c1O. The van der Waals surface area contributed by atoms with Crippen LogP contribution in [0.1, 0.15) is 17.0 Å². The molecule has 0 fully saturated rings. The Morgan fingerprint density at radius 2 is 2.07 bits per heavy atom. The Hall–Kier alpha value is -0.553. The van der Waals surface area contributed by atoms with E-state index < -0.39 is 24.4 Å². The predicted octanol–water partition coefficient (Wildman–Crippen LogP) is 5.38. The summed E-state index contributed by atoms with van der Waals surface area (Å²) in [5.74, 6) is 0.571. The lowest BCUT2D eigenvalue weighted by molar-refractivity contribution is 0.438. The molecule has 0 aliphatic rings. The standard InChI is InChI=1S/C16H20BrCl2NO5SSi/c1-27(2,3)25-16-13(21)14(10-8-9(18)4-5-12(10)19)24-15(16)11(17)6-7-20-26(22)23/h4-5,8,11,20-21H,6-7H2,1-3H3,(H,22,23)/p-1. The second-order valence-corrected chi connectivity index (χ2v) is 13.8. The molecule has 150 valence electrons. The van der Waals surface area contributed by atoms with Crippen LogP contribution in [0.4, 0.5) is 0 Å². The molecule has 1 aromatic heterocycles. The highest BCUT2D eigenvalue weighted by molar-refractivity contribution is 9.09. The van der Waals surface area contributed by atoms with E-state index in [1.165, 1.54) is 0 Å². The monoisotopic (exact) mass is 514 g/mol. The molecule has 0 aliphatic heterocycles. The third-order valence-electron chi connectivity index (χ3n) is 3.35. The largest absolute Gasteiger partial charge is 0.760 e. The minimum Gasteiger partial charge on any atom is -0.760 e. The second-order valence-electron chi connectivity index (χ2n) is 6.70. The molecule has 1 heterocycles. The van der Waals surface area contributed by atoms with E-state index in [0.29, 0.717) is 27.8 Å². The summed E-state index contributed by atoms with van der Waals surface area (Å²) in [5, 5.41) is 11.6. The van der Waals surface area contributed by atoms with Gasteiger partial charge in [-0.05, 0) is 44.3 Å². The van der Waals surface area contributed by atoms with Crippen molar-refractivity contribution in [2.45, 2.75) is 30.9 Å². The van der Waals surface area contributed by atoms with Crippen LogP contribution < -0.4 is 9.15 Å². The van der Waals surface area contributed by atoms with Gasteiger partial charge in [0, 0.05) is 28.4 Å². The summed E-state index contributed by atoms with van der Waals surface area (Å²) < 4.78 is 35.5. The van der Waals surface area contributed by atoms with Crippen LogP contribution in [0.5, 0.6) is 11.5 Å². The van der Waals surface area contributed by atoms with Crippen molar-refractivity contribution in [1.29, 1.82) is 0 Å². The van der Waals surface area contributed by atoms with Crippen LogP contribution in [-0.2, 0) is 11.3 Å². The Morgan fingerprint density at radius 1 is 1.41 bits per heavy atom. The van der Waals surface area contributed by atoms with Crippen molar-refractivity contribution >= 4 is 58.7 Å². The molecule has 27 heavy (non-hydrogen) atoms. The summed E-state index contributed by atoms with van der Waals surface area (Å²) in [6.45, 7) is 6.11. The van der Waals surface area contributed by atoms with E-state index in [-0.39, 0.29) is 23.8 Å². The van der Waals surface area contributed by atoms with Crippen LogP contribution >= 0.6 is 39.1 Å². The minimum absolute atomic E-state index is 0.149. The van der Waals surface area contributed by atoms with Crippen LogP contribution in [0.15, 0.2) is 22.6 Å². The molecule has 0 saturated carbocycles. The molecule has 0 radical (unpaired) electrons.